The first-order valence-corrected chi connectivity index (χ1v) is 6.88. The predicted octanol–water partition coefficient (Wildman–Crippen LogP) is 1.83. The Morgan fingerprint density at radius 3 is 2.75 bits per heavy atom. The molecule has 0 spiro atoms. The summed E-state index contributed by atoms with van der Waals surface area (Å²) in [4.78, 5) is 16.6. The van der Waals surface area contributed by atoms with Crippen LogP contribution >= 0.6 is 0 Å². The van der Waals surface area contributed by atoms with Crippen LogP contribution in [0.4, 0.5) is 0 Å². The maximum Gasteiger partial charge on any atom is 0.253 e. The second kappa shape index (κ2) is 5.90. The average Bonchev–Trinajstić information content (AvgIpc) is 3.04. The minimum absolute atomic E-state index is 0.0689. The lowest BCUT2D eigenvalue weighted by Crippen LogP contribution is -2.30. The zero-order valence-electron chi connectivity index (χ0n) is 12.4. The van der Waals surface area contributed by atoms with Gasteiger partial charge in [-0.15, -0.1) is 0 Å². The zero-order chi connectivity index (χ0) is 14.7. The molecule has 1 amide bonds. The van der Waals surface area contributed by atoms with Crippen LogP contribution < -0.4 is 5.32 Å². The number of carbonyl (C=O) groups is 1. The van der Waals surface area contributed by atoms with E-state index < -0.39 is 0 Å². The largest absolute Gasteiger partial charge is 0.354 e. The number of nitrogens with one attached hydrogen (secondary N) is 1. The molecule has 0 radical (unpaired) electrons. The SMILES string of the molecule is CC[C@@H](NC(=O)c1ccn(C)c1C)c1ncnn1CC. The molecule has 1 N–H and O–H groups in total. The third-order valence-corrected chi connectivity index (χ3v) is 3.60. The monoisotopic (exact) mass is 275 g/mol. The van der Waals surface area contributed by atoms with E-state index in [4.69, 9.17) is 0 Å². The molecular weight excluding hydrogens is 254 g/mol. The molecule has 6 heteroatoms. The van der Waals surface area contributed by atoms with E-state index in [0.717, 1.165) is 24.5 Å². The minimum atomic E-state index is -0.121. The molecule has 2 heterocycles. The fourth-order valence-corrected chi connectivity index (χ4v) is 2.22. The van der Waals surface area contributed by atoms with Crippen LogP contribution in [0.15, 0.2) is 18.6 Å². The molecule has 0 aliphatic heterocycles. The molecule has 0 saturated carbocycles. The lowest BCUT2D eigenvalue weighted by molar-refractivity contribution is 0.0932. The predicted molar refractivity (Wildman–Crippen MR) is 76.3 cm³/mol. The Bertz CT molecular complexity index is 598. The van der Waals surface area contributed by atoms with Gasteiger partial charge in [-0.3, -0.25) is 4.79 Å². The number of aryl methyl sites for hydroxylation is 2. The Labute approximate surface area is 118 Å². The maximum atomic E-state index is 12.4. The Morgan fingerprint density at radius 1 is 1.45 bits per heavy atom. The van der Waals surface area contributed by atoms with E-state index in [9.17, 15) is 4.79 Å². The topological polar surface area (TPSA) is 64.7 Å². The van der Waals surface area contributed by atoms with Crippen LogP contribution in [-0.2, 0) is 13.6 Å². The van der Waals surface area contributed by atoms with Gasteiger partial charge in [-0.1, -0.05) is 6.92 Å². The number of hydrogen-bond donors (Lipinski definition) is 1. The molecule has 0 aliphatic rings. The summed E-state index contributed by atoms with van der Waals surface area (Å²) in [5.41, 5.74) is 1.66. The lowest BCUT2D eigenvalue weighted by atomic mass is 10.1. The first-order chi connectivity index (χ1) is 9.58. The maximum absolute atomic E-state index is 12.4. The molecule has 0 fully saturated rings. The van der Waals surface area contributed by atoms with Gasteiger partial charge in [-0.2, -0.15) is 5.10 Å². The fourth-order valence-electron chi connectivity index (χ4n) is 2.22. The zero-order valence-corrected chi connectivity index (χ0v) is 12.4. The van der Waals surface area contributed by atoms with Crippen molar-refractivity contribution in [3.8, 4) is 0 Å². The van der Waals surface area contributed by atoms with Gasteiger partial charge in [-0.05, 0) is 26.3 Å². The molecule has 2 aromatic rings. The Balaban J connectivity index is 2.18. The molecular formula is C14H21N5O. The minimum Gasteiger partial charge on any atom is -0.354 e. The smallest absolute Gasteiger partial charge is 0.253 e. The van der Waals surface area contributed by atoms with Crippen LogP contribution in [0.5, 0.6) is 0 Å². The highest BCUT2D eigenvalue weighted by atomic mass is 16.1. The lowest BCUT2D eigenvalue weighted by Gasteiger charge is -2.17. The van der Waals surface area contributed by atoms with Crippen molar-refractivity contribution < 1.29 is 4.79 Å². The molecule has 2 aromatic heterocycles. The van der Waals surface area contributed by atoms with Crippen LogP contribution in [0.2, 0.25) is 0 Å². The summed E-state index contributed by atoms with van der Waals surface area (Å²) in [7, 11) is 1.93. The highest BCUT2D eigenvalue weighted by Crippen LogP contribution is 2.16. The van der Waals surface area contributed by atoms with Crippen molar-refractivity contribution in [2.75, 3.05) is 0 Å². The van der Waals surface area contributed by atoms with E-state index in [-0.39, 0.29) is 11.9 Å². The number of nitrogens with zero attached hydrogens (tertiary/aromatic N) is 4. The van der Waals surface area contributed by atoms with Gasteiger partial charge in [0, 0.05) is 25.5 Å². The summed E-state index contributed by atoms with van der Waals surface area (Å²) in [5, 5.41) is 7.19. The summed E-state index contributed by atoms with van der Waals surface area (Å²) in [6.07, 6.45) is 4.19. The fraction of sp³-hybridized carbons (Fsp3) is 0.500. The normalized spacial score (nSPS) is 12.4. The van der Waals surface area contributed by atoms with Crippen molar-refractivity contribution >= 4 is 5.91 Å². The second-order valence-corrected chi connectivity index (χ2v) is 4.79. The van der Waals surface area contributed by atoms with Crippen molar-refractivity contribution in [2.45, 2.75) is 39.8 Å². The Hall–Kier alpha value is -2.11. The summed E-state index contributed by atoms with van der Waals surface area (Å²) < 4.78 is 3.75. The van der Waals surface area contributed by atoms with Crippen LogP contribution in [0, 0.1) is 6.92 Å². The van der Waals surface area contributed by atoms with Gasteiger partial charge >= 0.3 is 0 Å². The molecule has 108 valence electrons. The summed E-state index contributed by atoms with van der Waals surface area (Å²) in [5.74, 6) is 0.734. The van der Waals surface area contributed by atoms with E-state index in [2.05, 4.69) is 15.4 Å². The van der Waals surface area contributed by atoms with Crippen LogP contribution in [0.25, 0.3) is 0 Å². The number of hydrogen-bond acceptors (Lipinski definition) is 3. The number of rotatable bonds is 5. The first-order valence-electron chi connectivity index (χ1n) is 6.88. The third-order valence-electron chi connectivity index (χ3n) is 3.60. The Kier molecular flexibility index (Phi) is 4.22. The van der Waals surface area contributed by atoms with E-state index in [1.54, 1.807) is 0 Å². The van der Waals surface area contributed by atoms with Gasteiger partial charge in [0.05, 0.1) is 11.6 Å². The first kappa shape index (κ1) is 14.3. The summed E-state index contributed by atoms with van der Waals surface area (Å²) >= 11 is 0. The molecule has 0 unspecified atom stereocenters. The molecule has 6 nitrogen and oxygen atoms in total. The molecule has 0 bridgehead atoms. The Morgan fingerprint density at radius 2 is 2.20 bits per heavy atom. The van der Waals surface area contributed by atoms with Crippen molar-refractivity contribution in [3.63, 3.8) is 0 Å². The van der Waals surface area contributed by atoms with Crippen molar-refractivity contribution in [1.82, 2.24) is 24.6 Å². The van der Waals surface area contributed by atoms with E-state index in [1.807, 2.05) is 49.3 Å². The molecule has 20 heavy (non-hydrogen) atoms. The standard InChI is InChI=1S/C14H21N5O/c1-5-12(13-15-9-16-19(13)6-2)17-14(20)11-7-8-18(4)10(11)3/h7-9,12H,5-6H2,1-4H3,(H,17,20)/t12-/m1/s1. The van der Waals surface area contributed by atoms with Gasteiger partial charge in [0.25, 0.3) is 5.91 Å². The van der Waals surface area contributed by atoms with Crippen molar-refractivity contribution in [1.29, 1.82) is 0 Å². The third kappa shape index (κ3) is 2.59. The van der Waals surface area contributed by atoms with Gasteiger partial charge in [0.1, 0.15) is 12.2 Å². The van der Waals surface area contributed by atoms with Crippen LogP contribution in [0.3, 0.4) is 0 Å². The van der Waals surface area contributed by atoms with Crippen LogP contribution in [0.1, 0.15) is 48.2 Å². The van der Waals surface area contributed by atoms with E-state index in [1.165, 1.54) is 6.33 Å². The van der Waals surface area contributed by atoms with Crippen molar-refractivity contribution in [2.24, 2.45) is 7.05 Å². The van der Waals surface area contributed by atoms with Crippen molar-refractivity contribution in [3.05, 3.63) is 35.7 Å². The molecule has 0 aromatic carbocycles. The van der Waals surface area contributed by atoms with E-state index >= 15 is 0 Å². The molecule has 2 rings (SSSR count). The number of aromatic nitrogens is 4. The summed E-state index contributed by atoms with van der Waals surface area (Å²) in [6.45, 7) is 6.71. The quantitative estimate of drug-likeness (QED) is 0.905. The van der Waals surface area contributed by atoms with Gasteiger partial charge in [-0.25, -0.2) is 9.67 Å². The molecule has 0 saturated heterocycles. The number of carbonyl (C=O) groups excluding carboxylic acids is 1. The van der Waals surface area contributed by atoms with Crippen LogP contribution in [-0.4, -0.2) is 25.2 Å². The van der Waals surface area contributed by atoms with Gasteiger partial charge in [0.2, 0.25) is 0 Å². The summed E-state index contributed by atoms with van der Waals surface area (Å²) in [6, 6.07) is 1.71. The second-order valence-electron chi connectivity index (χ2n) is 4.79. The van der Waals surface area contributed by atoms with Gasteiger partial charge < -0.3 is 9.88 Å². The average molecular weight is 275 g/mol. The molecule has 0 aliphatic carbocycles. The highest BCUT2D eigenvalue weighted by molar-refractivity contribution is 5.95. The van der Waals surface area contributed by atoms with E-state index in [0.29, 0.717) is 5.56 Å². The number of amides is 1. The van der Waals surface area contributed by atoms with Gasteiger partial charge in [0.15, 0.2) is 0 Å². The highest BCUT2D eigenvalue weighted by Gasteiger charge is 2.20. The molecule has 1 atom stereocenters.